The van der Waals surface area contributed by atoms with Crippen LogP contribution in [0, 0.1) is 11.3 Å². The maximum absolute atomic E-state index is 9.06. The van der Waals surface area contributed by atoms with E-state index in [4.69, 9.17) is 5.26 Å². The summed E-state index contributed by atoms with van der Waals surface area (Å²) in [5.41, 5.74) is 1.51. The Balaban J connectivity index is 2.33. The van der Waals surface area contributed by atoms with Gasteiger partial charge in [0, 0.05) is 29.8 Å². The van der Waals surface area contributed by atoms with Crippen molar-refractivity contribution in [3.63, 3.8) is 0 Å². The van der Waals surface area contributed by atoms with E-state index in [-0.39, 0.29) is 0 Å². The molecule has 2 unspecified atom stereocenters. The fraction of sp³-hybridized carbons (Fsp3) is 0.500. The Hall–Kier alpha value is -1.21. The molecule has 3 nitrogen and oxygen atoms in total. The molecule has 0 saturated carbocycles. The second-order valence-corrected chi connectivity index (χ2v) is 5.48. The molecule has 0 aliphatic carbocycles. The Labute approximate surface area is 100 Å². The number of thioether (sulfide) groups is 1. The molecule has 84 valence electrons. The molecular formula is C12H15N3S. The Kier molecular flexibility index (Phi) is 3.35. The third kappa shape index (κ3) is 2.00. The lowest BCUT2D eigenvalue weighted by Crippen LogP contribution is -2.45. The minimum atomic E-state index is 0.454. The molecule has 0 aromatic carbocycles. The lowest BCUT2D eigenvalue weighted by molar-refractivity contribution is 0.626. The van der Waals surface area contributed by atoms with Crippen LogP contribution in [-0.2, 0) is 0 Å². The van der Waals surface area contributed by atoms with Gasteiger partial charge in [-0.25, -0.2) is 4.98 Å². The summed E-state index contributed by atoms with van der Waals surface area (Å²) in [6, 6.07) is 6.51. The molecule has 0 amide bonds. The van der Waals surface area contributed by atoms with E-state index >= 15 is 0 Å². The van der Waals surface area contributed by atoms with Crippen molar-refractivity contribution in [1.29, 1.82) is 5.26 Å². The molecule has 2 heterocycles. The minimum absolute atomic E-state index is 0.454. The van der Waals surface area contributed by atoms with Crippen molar-refractivity contribution in [3.05, 3.63) is 24.0 Å². The normalized spacial score (nSPS) is 25.2. The highest BCUT2D eigenvalue weighted by Gasteiger charge is 2.26. The Morgan fingerprint density at radius 1 is 1.56 bits per heavy atom. The fourth-order valence-corrected chi connectivity index (χ4v) is 3.09. The third-order valence-electron chi connectivity index (χ3n) is 3.09. The van der Waals surface area contributed by atoms with Gasteiger partial charge in [0.15, 0.2) is 5.69 Å². The number of anilines is 1. The molecular weight excluding hydrogens is 218 g/mol. The fourth-order valence-electron chi connectivity index (χ4n) is 1.99. The molecule has 1 aliphatic rings. The van der Waals surface area contributed by atoms with E-state index in [1.165, 1.54) is 0 Å². The van der Waals surface area contributed by atoms with Gasteiger partial charge in [0.05, 0.1) is 5.69 Å². The Bertz CT molecular complexity index is 413. The van der Waals surface area contributed by atoms with E-state index in [2.05, 4.69) is 29.8 Å². The van der Waals surface area contributed by atoms with Gasteiger partial charge < -0.3 is 4.90 Å². The average Bonchev–Trinajstić information content (AvgIpc) is 2.33. The molecule has 0 N–H and O–H groups in total. The zero-order chi connectivity index (χ0) is 11.5. The van der Waals surface area contributed by atoms with Crippen LogP contribution in [0.5, 0.6) is 0 Å². The number of nitrogens with zero attached hydrogens (tertiary/aromatic N) is 3. The predicted molar refractivity (Wildman–Crippen MR) is 67.7 cm³/mol. The minimum Gasteiger partial charge on any atom is -0.365 e. The number of rotatable bonds is 1. The summed E-state index contributed by atoms with van der Waals surface area (Å²) < 4.78 is 0. The maximum atomic E-state index is 9.06. The smallest absolute Gasteiger partial charge is 0.163 e. The number of pyridine rings is 1. The highest BCUT2D eigenvalue weighted by molar-refractivity contribution is 8.00. The molecule has 16 heavy (non-hydrogen) atoms. The van der Waals surface area contributed by atoms with Gasteiger partial charge in [-0.2, -0.15) is 17.0 Å². The van der Waals surface area contributed by atoms with E-state index < -0.39 is 0 Å². The lowest BCUT2D eigenvalue weighted by Gasteiger charge is -2.39. The van der Waals surface area contributed by atoms with Crippen LogP contribution in [0.25, 0.3) is 0 Å². The van der Waals surface area contributed by atoms with Gasteiger partial charge in [0.1, 0.15) is 6.07 Å². The Morgan fingerprint density at radius 3 is 3.12 bits per heavy atom. The van der Waals surface area contributed by atoms with Gasteiger partial charge in [-0.15, -0.1) is 0 Å². The first-order valence-electron chi connectivity index (χ1n) is 5.47. The van der Waals surface area contributed by atoms with E-state index in [9.17, 15) is 0 Å². The van der Waals surface area contributed by atoms with Crippen LogP contribution < -0.4 is 4.90 Å². The predicted octanol–water partition coefficient (Wildman–Crippen LogP) is 2.28. The number of hydrogen-bond acceptors (Lipinski definition) is 4. The first-order valence-corrected chi connectivity index (χ1v) is 6.52. The molecule has 1 aliphatic heterocycles. The second-order valence-electron chi connectivity index (χ2n) is 3.99. The van der Waals surface area contributed by atoms with Crippen LogP contribution >= 0.6 is 11.8 Å². The highest BCUT2D eigenvalue weighted by atomic mass is 32.2. The van der Waals surface area contributed by atoms with E-state index in [1.807, 2.05) is 23.9 Å². The molecule has 1 fully saturated rings. The lowest BCUT2D eigenvalue weighted by atomic mass is 10.1. The summed E-state index contributed by atoms with van der Waals surface area (Å²) in [5.74, 6) is 1.12. The monoisotopic (exact) mass is 233 g/mol. The molecule has 4 heteroatoms. The number of nitriles is 1. The molecule has 0 spiro atoms. The van der Waals surface area contributed by atoms with Crippen molar-refractivity contribution in [2.24, 2.45) is 0 Å². The molecule has 1 aromatic rings. The van der Waals surface area contributed by atoms with E-state index in [0.29, 0.717) is 17.0 Å². The maximum Gasteiger partial charge on any atom is 0.163 e. The van der Waals surface area contributed by atoms with Gasteiger partial charge in [0.25, 0.3) is 0 Å². The van der Waals surface area contributed by atoms with Crippen LogP contribution in [-0.4, -0.2) is 28.6 Å². The SMILES string of the molecule is CC1SCCN(c2cccnc2C#N)C1C. The van der Waals surface area contributed by atoms with Crippen LogP contribution in [0.3, 0.4) is 0 Å². The first kappa shape index (κ1) is 11.3. The molecule has 0 bridgehead atoms. The molecule has 2 atom stereocenters. The van der Waals surface area contributed by atoms with E-state index in [0.717, 1.165) is 18.0 Å². The van der Waals surface area contributed by atoms with Crippen molar-refractivity contribution in [2.45, 2.75) is 25.1 Å². The summed E-state index contributed by atoms with van der Waals surface area (Å²) in [4.78, 5) is 6.42. The number of aromatic nitrogens is 1. The van der Waals surface area contributed by atoms with Gasteiger partial charge >= 0.3 is 0 Å². The van der Waals surface area contributed by atoms with Gasteiger partial charge in [-0.05, 0) is 19.1 Å². The number of hydrogen-bond donors (Lipinski definition) is 0. The topological polar surface area (TPSA) is 39.9 Å². The van der Waals surface area contributed by atoms with Crippen LogP contribution in [0.4, 0.5) is 5.69 Å². The van der Waals surface area contributed by atoms with Crippen molar-refractivity contribution >= 4 is 17.4 Å². The Morgan fingerprint density at radius 2 is 2.38 bits per heavy atom. The second kappa shape index (κ2) is 4.75. The average molecular weight is 233 g/mol. The van der Waals surface area contributed by atoms with Gasteiger partial charge in [0.2, 0.25) is 0 Å². The standard InChI is InChI=1S/C12H15N3S/c1-9-10(2)16-7-6-15(9)12-4-3-5-14-11(12)8-13/h3-5,9-10H,6-7H2,1-2H3. The van der Waals surface area contributed by atoms with Gasteiger partial charge in [-0.1, -0.05) is 6.92 Å². The summed E-state index contributed by atoms with van der Waals surface area (Å²) in [5, 5.41) is 9.65. The third-order valence-corrected chi connectivity index (χ3v) is 4.42. The molecule has 0 radical (unpaired) electrons. The molecule has 2 rings (SSSR count). The van der Waals surface area contributed by atoms with Crippen molar-refractivity contribution in [1.82, 2.24) is 4.98 Å². The van der Waals surface area contributed by atoms with Crippen LogP contribution in [0.2, 0.25) is 0 Å². The summed E-state index contributed by atoms with van der Waals surface area (Å²) in [6.45, 7) is 5.45. The van der Waals surface area contributed by atoms with Crippen LogP contribution in [0.1, 0.15) is 19.5 Å². The van der Waals surface area contributed by atoms with Crippen LogP contribution in [0.15, 0.2) is 18.3 Å². The zero-order valence-corrected chi connectivity index (χ0v) is 10.4. The van der Waals surface area contributed by atoms with Crippen molar-refractivity contribution in [3.8, 4) is 6.07 Å². The molecule has 1 aromatic heterocycles. The van der Waals surface area contributed by atoms with Gasteiger partial charge in [-0.3, -0.25) is 0 Å². The van der Waals surface area contributed by atoms with E-state index in [1.54, 1.807) is 6.20 Å². The summed E-state index contributed by atoms with van der Waals surface area (Å²) >= 11 is 1.99. The quantitative estimate of drug-likeness (QED) is 0.746. The summed E-state index contributed by atoms with van der Waals surface area (Å²) in [7, 11) is 0. The van der Waals surface area contributed by atoms with Crippen molar-refractivity contribution in [2.75, 3.05) is 17.2 Å². The molecule has 1 saturated heterocycles. The summed E-state index contributed by atoms with van der Waals surface area (Å²) in [6.07, 6.45) is 1.68. The van der Waals surface area contributed by atoms with Crippen molar-refractivity contribution < 1.29 is 0 Å². The highest BCUT2D eigenvalue weighted by Crippen LogP contribution is 2.29. The first-order chi connectivity index (χ1) is 7.74. The largest absolute Gasteiger partial charge is 0.365 e. The zero-order valence-electron chi connectivity index (χ0n) is 9.55.